The number of pyridine rings is 1. The van der Waals surface area contributed by atoms with Crippen LogP contribution in [0.5, 0.6) is 0 Å². The number of aromatic nitrogens is 1. The molecule has 0 radical (unpaired) electrons. The van der Waals surface area contributed by atoms with Crippen LogP contribution in [0.15, 0.2) is 66.9 Å². The normalized spacial score (nSPS) is 11.1. The van der Waals surface area contributed by atoms with E-state index in [1.165, 1.54) is 6.07 Å². The third-order valence-corrected chi connectivity index (χ3v) is 3.90. The second-order valence-electron chi connectivity index (χ2n) is 5.91. The highest BCUT2D eigenvalue weighted by molar-refractivity contribution is 6.08. The summed E-state index contributed by atoms with van der Waals surface area (Å²) in [5.74, 6) is -0.426. The lowest BCUT2D eigenvalue weighted by Crippen LogP contribution is -2.14. The minimum absolute atomic E-state index is 0.104. The van der Waals surface area contributed by atoms with Gasteiger partial charge in [0.2, 0.25) is 0 Å². The summed E-state index contributed by atoms with van der Waals surface area (Å²) >= 11 is 0. The van der Waals surface area contributed by atoms with Crippen molar-refractivity contribution in [3.05, 3.63) is 83.7 Å². The van der Waals surface area contributed by atoms with Gasteiger partial charge in [0.25, 0.3) is 5.91 Å². The molecular weight excluding hydrogens is 371 g/mol. The summed E-state index contributed by atoms with van der Waals surface area (Å²) in [6, 6.07) is 15.4. The van der Waals surface area contributed by atoms with Crippen molar-refractivity contribution >= 4 is 23.0 Å². The third kappa shape index (κ3) is 4.66. The zero-order chi connectivity index (χ0) is 20.1. The van der Waals surface area contributed by atoms with Crippen LogP contribution in [0.2, 0.25) is 0 Å². The molecule has 1 heterocycles. The van der Waals surface area contributed by atoms with Crippen molar-refractivity contribution in [3.8, 4) is 0 Å². The van der Waals surface area contributed by atoms with E-state index in [0.717, 1.165) is 12.3 Å². The smallest absolute Gasteiger partial charge is 0.392 e. The van der Waals surface area contributed by atoms with E-state index >= 15 is 0 Å². The number of rotatable bonds is 5. The number of nitrogens with one attached hydrogen (secondary N) is 2. The van der Waals surface area contributed by atoms with E-state index in [1.54, 1.807) is 48.5 Å². The van der Waals surface area contributed by atoms with Crippen LogP contribution in [-0.4, -0.2) is 16.0 Å². The third-order valence-electron chi connectivity index (χ3n) is 3.90. The largest absolute Gasteiger partial charge is 0.433 e. The summed E-state index contributed by atoms with van der Waals surface area (Å²) < 4.78 is 38.5. The lowest BCUT2D eigenvalue weighted by molar-refractivity contribution is -0.141. The van der Waals surface area contributed by atoms with Gasteiger partial charge in [-0.3, -0.25) is 9.78 Å². The Kier molecular flexibility index (Phi) is 5.60. The van der Waals surface area contributed by atoms with Crippen LogP contribution in [-0.2, 0) is 12.8 Å². The molecule has 144 valence electrons. The first-order valence-electron chi connectivity index (χ1n) is 8.27. The van der Waals surface area contributed by atoms with Gasteiger partial charge in [-0.25, -0.2) is 0 Å². The maximum atomic E-state index is 12.8. The SMILES string of the molecule is O=C(Nc1ccc(CO)cc1)c1ccccc1Nc1ccnc(C(F)(F)F)c1. The highest BCUT2D eigenvalue weighted by Gasteiger charge is 2.32. The molecule has 1 aromatic heterocycles. The number of alkyl halides is 3. The van der Waals surface area contributed by atoms with Crippen molar-refractivity contribution in [1.29, 1.82) is 0 Å². The van der Waals surface area contributed by atoms with E-state index in [2.05, 4.69) is 15.6 Å². The number of anilines is 3. The lowest BCUT2D eigenvalue weighted by Gasteiger charge is -2.13. The van der Waals surface area contributed by atoms with Crippen LogP contribution in [0.25, 0.3) is 0 Å². The molecule has 0 fully saturated rings. The molecule has 3 N–H and O–H groups in total. The van der Waals surface area contributed by atoms with Gasteiger partial charge in [-0.05, 0) is 42.0 Å². The molecule has 1 amide bonds. The van der Waals surface area contributed by atoms with E-state index in [0.29, 0.717) is 16.9 Å². The summed E-state index contributed by atoms with van der Waals surface area (Å²) in [7, 11) is 0. The number of nitrogens with zero attached hydrogens (tertiary/aromatic N) is 1. The second kappa shape index (κ2) is 8.10. The molecule has 0 saturated carbocycles. The van der Waals surface area contributed by atoms with Gasteiger partial charge in [0, 0.05) is 17.6 Å². The maximum Gasteiger partial charge on any atom is 0.433 e. The first-order chi connectivity index (χ1) is 13.4. The summed E-state index contributed by atoms with van der Waals surface area (Å²) in [5.41, 5.74) is 0.988. The van der Waals surface area contributed by atoms with Crippen LogP contribution in [0, 0.1) is 0 Å². The average molecular weight is 387 g/mol. The Morgan fingerprint density at radius 1 is 1.00 bits per heavy atom. The fourth-order valence-electron chi connectivity index (χ4n) is 2.50. The Balaban J connectivity index is 1.82. The summed E-state index contributed by atoms with van der Waals surface area (Å²) in [4.78, 5) is 15.9. The Morgan fingerprint density at radius 2 is 1.71 bits per heavy atom. The van der Waals surface area contributed by atoms with Crippen molar-refractivity contribution < 1.29 is 23.1 Å². The zero-order valence-electron chi connectivity index (χ0n) is 14.5. The predicted molar refractivity (Wildman–Crippen MR) is 99.3 cm³/mol. The fourth-order valence-corrected chi connectivity index (χ4v) is 2.50. The van der Waals surface area contributed by atoms with E-state index in [9.17, 15) is 18.0 Å². The van der Waals surface area contributed by atoms with Crippen molar-refractivity contribution in [3.63, 3.8) is 0 Å². The van der Waals surface area contributed by atoms with Gasteiger partial charge in [-0.2, -0.15) is 13.2 Å². The number of carbonyl (C=O) groups excluding carboxylic acids is 1. The molecule has 0 unspecified atom stereocenters. The van der Waals surface area contributed by atoms with Gasteiger partial charge in [0.1, 0.15) is 5.69 Å². The number of aliphatic hydroxyl groups excluding tert-OH is 1. The molecule has 5 nitrogen and oxygen atoms in total. The minimum atomic E-state index is -4.56. The molecule has 28 heavy (non-hydrogen) atoms. The first-order valence-corrected chi connectivity index (χ1v) is 8.27. The maximum absolute atomic E-state index is 12.8. The number of benzene rings is 2. The standard InChI is InChI=1S/C20H16F3N3O2/c21-20(22,23)18-11-15(9-10-24-18)25-17-4-2-1-3-16(17)19(28)26-14-7-5-13(12-27)6-8-14/h1-11,27H,12H2,(H,24,25)(H,26,28). The molecule has 3 rings (SSSR count). The molecule has 0 atom stereocenters. The van der Waals surface area contributed by atoms with E-state index in [1.807, 2.05) is 0 Å². The molecule has 0 spiro atoms. The van der Waals surface area contributed by atoms with Gasteiger partial charge in [-0.15, -0.1) is 0 Å². The molecule has 0 bridgehead atoms. The highest BCUT2D eigenvalue weighted by atomic mass is 19.4. The van der Waals surface area contributed by atoms with Crippen molar-refractivity contribution in [2.45, 2.75) is 12.8 Å². The predicted octanol–water partition coefficient (Wildman–Crippen LogP) is 4.59. The Morgan fingerprint density at radius 3 is 2.39 bits per heavy atom. The molecule has 8 heteroatoms. The summed E-state index contributed by atoms with van der Waals surface area (Å²) in [5, 5.41) is 14.6. The number of hydrogen-bond donors (Lipinski definition) is 3. The molecule has 0 saturated heterocycles. The number of carbonyl (C=O) groups is 1. The number of amides is 1. The zero-order valence-corrected chi connectivity index (χ0v) is 14.5. The van der Waals surface area contributed by atoms with Crippen LogP contribution in [0.1, 0.15) is 21.6 Å². The number of aliphatic hydroxyl groups is 1. The topological polar surface area (TPSA) is 74.2 Å². The van der Waals surface area contributed by atoms with Gasteiger partial charge in [0.15, 0.2) is 0 Å². The monoisotopic (exact) mass is 387 g/mol. The van der Waals surface area contributed by atoms with Gasteiger partial charge < -0.3 is 15.7 Å². The molecule has 0 aliphatic carbocycles. The molecule has 3 aromatic rings. The second-order valence-corrected chi connectivity index (χ2v) is 5.91. The fraction of sp³-hybridized carbons (Fsp3) is 0.100. The molecule has 2 aromatic carbocycles. The van der Waals surface area contributed by atoms with Crippen LogP contribution in [0.4, 0.5) is 30.2 Å². The first kappa shape index (κ1) is 19.4. The number of para-hydroxylation sites is 1. The van der Waals surface area contributed by atoms with Crippen molar-refractivity contribution in [2.24, 2.45) is 0 Å². The Labute approximate surface area is 158 Å². The lowest BCUT2D eigenvalue weighted by atomic mass is 10.1. The van der Waals surface area contributed by atoms with Gasteiger partial charge >= 0.3 is 6.18 Å². The Bertz CT molecular complexity index is 973. The minimum Gasteiger partial charge on any atom is -0.392 e. The molecule has 0 aliphatic heterocycles. The highest BCUT2D eigenvalue weighted by Crippen LogP contribution is 2.30. The summed E-state index contributed by atoms with van der Waals surface area (Å²) in [6.07, 6.45) is -3.51. The van der Waals surface area contributed by atoms with Crippen LogP contribution < -0.4 is 10.6 Å². The van der Waals surface area contributed by atoms with E-state index in [-0.39, 0.29) is 17.9 Å². The van der Waals surface area contributed by atoms with Gasteiger partial charge in [-0.1, -0.05) is 24.3 Å². The van der Waals surface area contributed by atoms with E-state index < -0.39 is 17.8 Å². The Hall–Kier alpha value is -3.39. The number of halogens is 3. The van der Waals surface area contributed by atoms with Crippen molar-refractivity contribution in [1.82, 2.24) is 4.98 Å². The molecular formula is C20H16F3N3O2. The summed E-state index contributed by atoms with van der Waals surface area (Å²) in [6.45, 7) is -0.104. The molecule has 0 aliphatic rings. The van der Waals surface area contributed by atoms with Crippen molar-refractivity contribution in [2.75, 3.05) is 10.6 Å². The van der Waals surface area contributed by atoms with Crippen LogP contribution in [0.3, 0.4) is 0 Å². The van der Waals surface area contributed by atoms with E-state index in [4.69, 9.17) is 5.11 Å². The number of hydrogen-bond acceptors (Lipinski definition) is 4. The van der Waals surface area contributed by atoms with Gasteiger partial charge in [0.05, 0.1) is 17.9 Å². The average Bonchev–Trinajstić information content (AvgIpc) is 2.68. The van der Waals surface area contributed by atoms with Crippen LogP contribution >= 0.6 is 0 Å². The quantitative estimate of drug-likeness (QED) is 0.599.